The molecule has 2 aromatic heterocycles. The lowest BCUT2D eigenvalue weighted by atomic mass is 10.1. The van der Waals surface area contributed by atoms with Crippen LogP contribution in [0.5, 0.6) is 0 Å². The van der Waals surface area contributed by atoms with Crippen LogP contribution in [-0.4, -0.2) is 14.9 Å². The molecule has 0 radical (unpaired) electrons. The van der Waals surface area contributed by atoms with Crippen molar-refractivity contribution in [1.82, 2.24) is 9.97 Å². The van der Waals surface area contributed by atoms with Crippen LogP contribution in [0.25, 0.3) is 0 Å². The third kappa shape index (κ3) is 3.04. The van der Waals surface area contributed by atoms with Crippen LogP contribution in [0.15, 0.2) is 36.7 Å². The lowest BCUT2D eigenvalue weighted by Gasteiger charge is -2.14. The van der Waals surface area contributed by atoms with Gasteiger partial charge in [0, 0.05) is 18.5 Å². The minimum Gasteiger partial charge on any atom is -0.363 e. The Morgan fingerprint density at radius 1 is 1.37 bits per heavy atom. The first-order valence-corrected chi connectivity index (χ1v) is 5.86. The summed E-state index contributed by atoms with van der Waals surface area (Å²) in [6.07, 6.45) is 3.49. The van der Waals surface area contributed by atoms with Gasteiger partial charge in [0.05, 0.1) is 11.0 Å². The largest absolute Gasteiger partial charge is 0.363 e. The first kappa shape index (κ1) is 12.9. The number of rotatable bonds is 4. The maximum atomic E-state index is 10.7. The van der Waals surface area contributed by atoms with Gasteiger partial charge in [0.1, 0.15) is 11.5 Å². The third-order valence-electron chi connectivity index (χ3n) is 2.80. The zero-order valence-electron chi connectivity index (χ0n) is 10.7. The Morgan fingerprint density at radius 2 is 2.16 bits per heavy atom. The lowest BCUT2D eigenvalue weighted by molar-refractivity contribution is -0.385. The van der Waals surface area contributed by atoms with Crippen LogP contribution in [0.2, 0.25) is 0 Å². The summed E-state index contributed by atoms with van der Waals surface area (Å²) in [6.45, 7) is 3.60. The first-order valence-electron chi connectivity index (χ1n) is 5.86. The van der Waals surface area contributed by atoms with Gasteiger partial charge in [-0.25, -0.2) is 4.98 Å². The van der Waals surface area contributed by atoms with Gasteiger partial charge in [-0.15, -0.1) is 0 Å². The predicted molar refractivity (Wildman–Crippen MR) is 71.9 cm³/mol. The van der Waals surface area contributed by atoms with Gasteiger partial charge in [0.2, 0.25) is 0 Å². The highest BCUT2D eigenvalue weighted by atomic mass is 16.6. The van der Waals surface area contributed by atoms with Crippen molar-refractivity contribution in [1.29, 1.82) is 0 Å². The van der Waals surface area contributed by atoms with Gasteiger partial charge in [-0.05, 0) is 31.5 Å². The molecule has 0 bridgehead atoms. The van der Waals surface area contributed by atoms with E-state index in [2.05, 4.69) is 15.3 Å². The van der Waals surface area contributed by atoms with Crippen molar-refractivity contribution < 1.29 is 4.92 Å². The molecule has 2 aromatic rings. The van der Waals surface area contributed by atoms with Gasteiger partial charge in [-0.3, -0.25) is 15.1 Å². The van der Waals surface area contributed by atoms with Gasteiger partial charge in [0.15, 0.2) is 0 Å². The second-order valence-corrected chi connectivity index (χ2v) is 4.21. The first-order chi connectivity index (χ1) is 9.08. The summed E-state index contributed by atoms with van der Waals surface area (Å²) in [6, 6.07) is 6.92. The normalized spacial score (nSPS) is 11.9. The summed E-state index contributed by atoms with van der Waals surface area (Å²) < 4.78 is 0. The Morgan fingerprint density at radius 3 is 2.74 bits per heavy atom. The molecule has 2 heterocycles. The highest BCUT2D eigenvalue weighted by Crippen LogP contribution is 2.21. The maximum absolute atomic E-state index is 10.7. The highest BCUT2D eigenvalue weighted by Gasteiger charge is 2.13. The molecule has 0 aliphatic carbocycles. The Hall–Kier alpha value is -2.50. The maximum Gasteiger partial charge on any atom is 0.290 e. The van der Waals surface area contributed by atoms with Crippen LogP contribution in [0.4, 0.5) is 11.5 Å². The van der Waals surface area contributed by atoms with E-state index in [9.17, 15) is 10.1 Å². The van der Waals surface area contributed by atoms with Crippen LogP contribution in [-0.2, 0) is 0 Å². The van der Waals surface area contributed by atoms with E-state index < -0.39 is 4.92 Å². The fourth-order valence-corrected chi connectivity index (χ4v) is 1.76. The van der Waals surface area contributed by atoms with E-state index in [1.807, 2.05) is 19.1 Å². The van der Waals surface area contributed by atoms with Crippen molar-refractivity contribution in [2.75, 3.05) is 5.32 Å². The van der Waals surface area contributed by atoms with E-state index in [4.69, 9.17) is 0 Å². The van der Waals surface area contributed by atoms with E-state index in [0.717, 1.165) is 5.56 Å². The fraction of sp³-hybridized carbons (Fsp3) is 0.231. The van der Waals surface area contributed by atoms with E-state index in [1.165, 1.54) is 6.07 Å². The zero-order valence-corrected chi connectivity index (χ0v) is 10.7. The SMILES string of the molecule is Cc1nc(NC(C)c2cccnc2)ccc1[N+](=O)[O-]. The summed E-state index contributed by atoms with van der Waals surface area (Å²) in [5.74, 6) is 0.611. The van der Waals surface area contributed by atoms with Gasteiger partial charge in [-0.1, -0.05) is 6.07 Å². The average Bonchev–Trinajstić information content (AvgIpc) is 2.39. The molecule has 0 aromatic carbocycles. The molecule has 98 valence electrons. The molecule has 0 amide bonds. The zero-order chi connectivity index (χ0) is 13.8. The van der Waals surface area contributed by atoms with Gasteiger partial charge < -0.3 is 5.32 Å². The molecule has 0 spiro atoms. The monoisotopic (exact) mass is 258 g/mol. The minimum atomic E-state index is -0.434. The molecular formula is C13H14N4O2. The highest BCUT2D eigenvalue weighted by molar-refractivity contribution is 5.46. The van der Waals surface area contributed by atoms with Crippen molar-refractivity contribution in [2.24, 2.45) is 0 Å². The van der Waals surface area contributed by atoms with Crippen LogP contribution >= 0.6 is 0 Å². The van der Waals surface area contributed by atoms with E-state index in [-0.39, 0.29) is 11.7 Å². The number of nitrogens with zero attached hydrogens (tertiary/aromatic N) is 3. The number of nitro groups is 1. The number of aryl methyl sites for hydroxylation is 1. The van der Waals surface area contributed by atoms with Gasteiger partial charge in [-0.2, -0.15) is 0 Å². The third-order valence-corrected chi connectivity index (χ3v) is 2.80. The molecule has 0 saturated carbocycles. The summed E-state index contributed by atoms with van der Waals surface area (Å²) in [5, 5.41) is 13.9. The molecule has 0 fully saturated rings. The van der Waals surface area contributed by atoms with Crippen molar-refractivity contribution in [2.45, 2.75) is 19.9 Å². The number of pyridine rings is 2. The predicted octanol–water partition coefficient (Wildman–Crippen LogP) is 2.87. The molecule has 1 unspecified atom stereocenters. The lowest BCUT2D eigenvalue weighted by Crippen LogP contribution is -2.09. The van der Waals surface area contributed by atoms with Crippen LogP contribution in [0, 0.1) is 17.0 Å². The topological polar surface area (TPSA) is 81.0 Å². The van der Waals surface area contributed by atoms with Crippen molar-refractivity contribution in [3.05, 3.63) is 58.0 Å². The molecule has 6 nitrogen and oxygen atoms in total. The summed E-state index contributed by atoms with van der Waals surface area (Å²) in [4.78, 5) is 18.5. The molecule has 0 saturated heterocycles. The second-order valence-electron chi connectivity index (χ2n) is 4.21. The number of hydrogen-bond acceptors (Lipinski definition) is 5. The standard InChI is InChI=1S/C13H14N4O2/c1-9(11-4-3-7-14-8-11)15-13-6-5-12(17(18)19)10(2)16-13/h3-9H,1-2H3,(H,15,16). The van der Waals surface area contributed by atoms with Gasteiger partial charge in [0.25, 0.3) is 5.69 Å². The second kappa shape index (κ2) is 5.43. The van der Waals surface area contributed by atoms with Crippen LogP contribution < -0.4 is 5.32 Å². The number of nitrogens with one attached hydrogen (secondary N) is 1. The number of anilines is 1. The smallest absolute Gasteiger partial charge is 0.290 e. The number of aromatic nitrogens is 2. The van der Waals surface area contributed by atoms with E-state index >= 15 is 0 Å². The summed E-state index contributed by atoms with van der Waals surface area (Å²) in [5.41, 5.74) is 1.45. The van der Waals surface area contributed by atoms with Crippen LogP contribution in [0.3, 0.4) is 0 Å². The molecule has 19 heavy (non-hydrogen) atoms. The summed E-state index contributed by atoms with van der Waals surface area (Å²) in [7, 11) is 0. The summed E-state index contributed by atoms with van der Waals surface area (Å²) >= 11 is 0. The van der Waals surface area contributed by atoms with E-state index in [0.29, 0.717) is 11.5 Å². The average molecular weight is 258 g/mol. The Bertz CT molecular complexity index is 586. The molecule has 6 heteroatoms. The Balaban J connectivity index is 2.16. The van der Waals surface area contributed by atoms with Crippen molar-refractivity contribution >= 4 is 11.5 Å². The number of hydrogen-bond donors (Lipinski definition) is 1. The fourth-order valence-electron chi connectivity index (χ4n) is 1.76. The molecular weight excluding hydrogens is 244 g/mol. The molecule has 2 rings (SSSR count). The molecule has 0 aliphatic heterocycles. The van der Waals surface area contributed by atoms with Crippen LogP contribution in [0.1, 0.15) is 24.2 Å². The molecule has 1 atom stereocenters. The molecule has 1 N–H and O–H groups in total. The quantitative estimate of drug-likeness (QED) is 0.673. The van der Waals surface area contributed by atoms with Crippen molar-refractivity contribution in [3.8, 4) is 0 Å². The van der Waals surface area contributed by atoms with E-state index in [1.54, 1.807) is 25.4 Å². The molecule has 0 aliphatic rings. The van der Waals surface area contributed by atoms with Gasteiger partial charge >= 0.3 is 0 Å². The Kier molecular flexibility index (Phi) is 3.70. The Labute approximate surface area is 110 Å². The van der Waals surface area contributed by atoms with Crippen molar-refractivity contribution in [3.63, 3.8) is 0 Å². The minimum absolute atomic E-state index is 0.0274.